The van der Waals surface area contributed by atoms with E-state index in [9.17, 15) is 0 Å². The summed E-state index contributed by atoms with van der Waals surface area (Å²) in [7, 11) is 0. The maximum absolute atomic E-state index is 4.52. The normalized spacial score (nSPS) is 26.2. The molecule has 1 saturated carbocycles. The topological polar surface area (TPSA) is 29.9 Å². The van der Waals surface area contributed by atoms with Gasteiger partial charge in [0.15, 0.2) is 0 Å². The van der Waals surface area contributed by atoms with Crippen LogP contribution >= 0.6 is 15.9 Å². The molecule has 4 heteroatoms. The molecule has 0 radical (unpaired) electrons. The summed E-state index contributed by atoms with van der Waals surface area (Å²) in [4.78, 5) is 0. The van der Waals surface area contributed by atoms with Crippen molar-refractivity contribution in [3.05, 3.63) is 10.7 Å². The molecular formula is C12H18BrN3. The van der Waals surface area contributed by atoms with Crippen LogP contribution in [0.15, 0.2) is 10.7 Å². The maximum atomic E-state index is 4.52. The summed E-state index contributed by atoms with van der Waals surface area (Å²) < 4.78 is 3.32. The average Bonchev–Trinajstić information content (AvgIpc) is 2.73. The number of anilines is 1. The van der Waals surface area contributed by atoms with Gasteiger partial charge in [-0.15, -0.1) is 0 Å². The van der Waals surface area contributed by atoms with Crippen molar-refractivity contribution >= 4 is 21.7 Å². The lowest BCUT2D eigenvalue weighted by Crippen LogP contribution is -2.30. The first kappa shape index (κ1) is 10.6. The highest BCUT2D eigenvalue weighted by Gasteiger charge is 2.30. The van der Waals surface area contributed by atoms with Crippen LogP contribution in [0.2, 0.25) is 0 Å². The average molecular weight is 284 g/mol. The lowest BCUT2D eigenvalue weighted by atomic mass is 9.82. The Hall–Kier alpha value is -0.510. The molecule has 1 atom stereocenters. The number of aromatic nitrogens is 2. The van der Waals surface area contributed by atoms with Crippen LogP contribution in [0.1, 0.15) is 44.6 Å². The van der Waals surface area contributed by atoms with E-state index in [2.05, 4.69) is 31.0 Å². The van der Waals surface area contributed by atoms with Gasteiger partial charge in [-0.05, 0) is 41.1 Å². The van der Waals surface area contributed by atoms with Gasteiger partial charge in [-0.3, -0.25) is 0 Å². The van der Waals surface area contributed by atoms with Crippen LogP contribution in [0, 0.1) is 5.92 Å². The van der Waals surface area contributed by atoms with E-state index in [1.807, 2.05) is 6.20 Å². The summed E-state index contributed by atoms with van der Waals surface area (Å²) in [6.45, 7) is 1.09. The first-order valence-electron chi connectivity index (χ1n) is 6.33. The van der Waals surface area contributed by atoms with Gasteiger partial charge in [0.25, 0.3) is 0 Å². The molecule has 0 bridgehead atoms. The van der Waals surface area contributed by atoms with Gasteiger partial charge in [0.1, 0.15) is 5.82 Å². The Morgan fingerprint density at radius 3 is 2.88 bits per heavy atom. The summed E-state index contributed by atoms with van der Waals surface area (Å²) in [6, 6.07) is 0.628. The van der Waals surface area contributed by atoms with Crippen molar-refractivity contribution in [1.29, 1.82) is 0 Å². The SMILES string of the molecule is Brc1cnn2c1NCCC2C1CCCCC1. The Kier molecular flexibility index (Phi) is 2.92. The predicted octanol–water partition coefficient (Wildman–Crippen LogP) is 3.58. The molecule has 2 heterocycles. The summed E-state index contributed by atoms with van der Waals surface area (Å²) in [5, 5.41) is 7.95. The molecule has 0 aromatic carbocycles. The number of rotatable bonds is 1. The van der Waals surface area contributed by atoms with Gasteiger partial charge < -0.3 is 5.32 Å². The molecule has 1 aromatic heterocycles. The monoisotopic (exact) mass is 283 g/mol. The van der Waals surface area contributed by atoms with Gasteiger partial charge in [0.05, 0.1) is 16.7 Å². The number of nitrogens with one attached hydrogen (secondary N) is 1. The standard InChI is InChI=1S/C12H18BrN3/c13-10-8-15-16-11(6-7-14-12(10)16)9-4-2-1-3-5-9/h8-9,11,14H,1-7H2. The third-order valence-corrected chi connectivity index (χ3v) is 4.57. The molecule has 1 aliphatic carbocycles. The Morgan fingerprint density at radius 1 is 1.25 bits per heavy atom. The van der Waals surface area contributed by atoms with E-state index in [1.165, 1.54) is 44.3 Å². The highest BCUT2D eigenvalue weighted by atomic mass is 79.9. The van der Waals surface area contributed by atoms with E-state index in [1.54, 1.807) is 0 Å². The first-order chi connectivity index (χ1) is 7.86. The van der Waals surface area contributed by atoms with Crippen LogP contribution in [-0.2, 0) is 0 Å². The van der Waals surface area contributed by atoms with Crippen LogP contribution in [0.3, 0.4) is 0 Å². The summed E-state index contributed by atoms with van der Waals surface area (Å²) in [5.41, 5.74) is 0. The Balaban J connectivity index is 1.86. The molecule has 2 aliphatic rings. The molecule has 3 nitrogen and oxygen atoms in total. The van der Waals surface area contributed by atoms with Crippen molar-refractivity contribution in [2.75, 3.05) is 11.9 Å². The highest BCUT2D eigenvalue weighted by Crippen LogP contribution is 2.39. The van der Waals surface area contributed by atoms with Gasteiger partial charge in [0, 0.05) is 6.54 Å². The van der Waals surface area contributed by atoms with E-state index in [0.717, 1.165) is 16.9 Å². The molecular weight excluding hydrogens is 266 g/mol. The molecule has 88 valence electrons. The minimum absolute atomic E-state index is 0.628. The van der Waals surface area contributed by atoms with Gasteiger partial charge in [0.2, 0.25) is 0 Å². The molecule has 1 aromatic rings. The number of hydrogen-bond donors (Lipinski definition) is 1. The van der Waals surface area contributed by atoms with E-state index in [0.29, 0.717) is 6.04 Å². The number of fused-ring (bicyclic) bond motifs is 1. The summed E-state index contributed by atoms with van der Waals surface area (Å²) in [5.74, 6) is 2.03. The summed E-state index contributed by atoms with van der Waals surface area (Å²) >= 11 is 3.56. The van der Waals surface area contributed by atoms with Crippen LogP contribution in [0.4, 0.5) is 5.82 Å². The van der Waals surface area contributed by atoms with Crippen molar-refractivity contribution in [3.63, 3.8) is 0 Å². The third kappa shape index (κ3) is 1.77. The molecule has 3 rings (SSSR count). The second kappa shape index (κ2) is 4.40. The molecule has 0 saturated heterocycles. The lowest BCUT2D eigenvalue weighted by Gasteiger charge is -2.34. The lowest BCUT2D eigenvalue weighted by molar-refractivity contribution is 0.222. The van der Waals surface area contributed by atoms with Crippen molar-refractivity contribution in [2.45, 2.75) is 44.6 Å². The van der Waals surface area contributed by atoms with Crippen molar-refractivity contribution in [1.82, 2.24) is 9.78 Å². The van der Waals surface area contributed by atoms with E-state index in [4.69, 9.17) is 0 Å². The highest BCUT2D eigenvalue weighted by molar-refractivity contribution is 9.10. The zero-order valence-corrected chi connectivity index (χ0v) is 11.0. The van der Waals surface area contributed by atoms with Gasteiger partial charge >= 0.3 is 0 Å². The van der Waals surface area contributed by atoms with Gasteiger partial charge in [-0.1, -0.05) is 19.3 Å². The van der Waals surface area contributed by atoms with Crippen molar-refractivity contribution < 1.29 is 0 Å². The fraction of sp³-hybridized carbons (Fsp3) is 0.750. The minimum Gasteiger partial charge on any atom is -0.369 e. The van der Waals surface area contributed by atoms with Gasteiger partial charge in [-0.2, -0.15) is 5.10 Å². The van der Waals surface area contributed by atoms with E-state index >= 15 is 0 Å². The second-order valence-electron chi connectivity index (χ2n) is 4.97. The zero-order chi connectivity index (χ0) is 11.0. The molecule has 0 amide bonds. The number of hydrogen-bond acceptors (Lipinski definition) is 2. The Labute approximate surface area is 105 Å². The molecule has 1 aliphatic heterocycles. The molecule has 1 N–H and O–H groups in total. The smallest absolute Gasteiger partial charge is 0.139 e. The maximum Gasteiger partial charge on any atom is 0.139 e. The van der Waals surface area contributed by atoms with Crippen LogP contribution in [0.5, 0.6) is 0 Å². The van der Waals surface area contributed by atoms with E-state index < -0.39 is 0 Å². The van der Waals surface area contributed by atoms with Crippen molar-refractivity contribution in [3.8, 4) is 0 Å². The quantitative estimate of drug-likeness (QED) is 0.854. The van der Waals surface area contributed by atoms with Crippen molar-refractivity contribution in [2.24, 2.45) is 5.92 Å². The fourth-order valence-corrected chi connectivity index (χ4v) is 3.59. The molecule has 0 spiro atoms. The third-order valence-electron chi connectivity index (χ3n) is 3.99. The number of nitrogens with zero attached hydrogens (tertiary/aromatic N) is 2. The first-order valence-corrected chi connectivity index (χ1v) is 7.12. The van der Waals surface area contributed by atoms with E-state index in [-0.39, 0.29) is 0 Å². The number of halogens is 1. The molecule has 1 fully saturated rings. The fourth-order valence-electron chi connectivity index (χ4n) is 3.17. The minimum atomic E-state index is 0.628. The van der Waals surface area contributed by atoms with Crippen LogP contribution < -0.4 is 5.32 Å². The zero-order valence-electron chi connectivity index (χ0n) is 9.45. The molecule has 16 heavy (non-hydrogen) atoms. The van der Waals surface area contributed by atoms with Crippen LogP contribution in [-0.4, -0.2) is 16.3 Å². The van der Waals surface area contributed by atoms with Gasteiger partial charge in [-0.25, -0.2) is 4.68 Å². The summed E-state index contributed by atoms with van der Waals surface area (Å²) in [6.07, 6.45) is 10.2. The Morgan fingerprint density at radius 2 is 2.06 bits per heavy atom. The predicted molar refractivity (Wildman–Crippen MR) is 68.6 cm³/mol. The van der Waals surface area contributed by atoms with Crippen LogP contribution in [0.25, 0.3) is 0 Å². The second-order valence-corrected chi connectivity index (χ2v) is 5.82. The Bertz CT molecular complexity index is 368. The molecule has 1 unspecified atom stereocenters. The largest absolute Gasteiger partial charge is 0.369 e.